The molecule has 0 saturated carbocycles. The largest absolute Gasteiger partial charge is 0 e. The zero-order valence-electron chi connectivity index (χ0n) is 7.65. The van der Waals surface area contributed by atoms with Crippen molar-refractivity contribution in [2.75, 3.05) is 0 Å². The third-order valence-electron chi connectivity index (χ3n) is 1.28. The Hall–Kier alpha value is 1.12. The van der Waals surface area contributed by atoms with Gasteiger partial charge in [0.1, 0.15) is 0 Å². The van der Waals surface area contributed by atoms with E-state index in [-0.39, 0.29) is 18.9 Å². The van der Waals surface area contributed by atoms with Crippen LogP contribution in [-0.2, 0) is 0 Å². The molecule has 0 unspecified atom stereocenters. The van der Waals surface area contributed by atoms with E-state index in [0.29, 0.717) is 0 Å². The average Bonchev–Trinajstić information content (AvgIpc) is 1.89. The summed E-state index contributed by atoms with van der Waals surface area (Å²) in [7, 11) is 0. The van der Waals surface area contributed by atoms with Crippen molar-refractivity contribution in [3.05, 3.63) is 0 Å². The Bertz CT molecular complexity index is 42.5. The molecular weight excluding hydrogens is 182 g/mol. The molecule has 0 heterocycles. The minimum atomic E-state index is 0. The second-order valence-corrected chi connectivity index (χ2v) is 4.89. The zero-order valence-corrected chi connectivity index (χ0v) is 9.36. The molecule has 0 bridgehead atoms. The van der Waals surface area contributed by atoms with E-state index in [4.69, 9.17) is 0 Å². The summed E-state index contributed by atoms with van der Waals surface area (Å²) in [5.41, 5.74) is 0. The van der Waals surface area contributed by atoms with Crippen LogP contribution in [-0.4, -0.2) is 33.8 Å². The summed E-state index contributed by atoms with van der Waals surface area (Å²) >= 11 is 0.978. The van der Waals surface area contributed by atoms with Crippen LogP contribution in [0, 0.1) is 0 Å². The Morgan fingerprint density at radius 3 is 1.60 bits per heavy atom. The fraction of sp³-hybridized carbons (Fsp3) is 1.00. The summed E-state index contributed by atoms with van der Waals surface area (Å²) < 4.78 is 0. The first-order valence-electron chi connectivity index (χ1n) is 3.99. The topological polar surface area (TPSA) is 0 Å². The molecular formula is C8H18LiSe. The maximum absolute atomic E-state index is 2.27. The van der Waals surface area contributed by atoms with E-state index < -0.39 is 0 Å². The van der Waals surface area contributed by atoms with Crippen LogP contribution in [0.3, 0.4) is 0 Å². The number of hydrogen-bond donors (Lipinski definition) is 0. The van der Waals surface area contributed by atoms with Gasteiger partial charge in [-0.2, -0.15) is 0 Å². The van der Waals surface area contributed by atoms with Gasteiger partial charge in [-0.3, -0.25) is 0 Å². The van der Waals surface area contributed by atoms with Gasteiger partial charge in [0.15, 0.2) is 0 Å². The summed E-state index contributed by atoms with van der Waals surface area (Å²) in [5.74, 6) is 0. The molecule has 0 rings (SSSR count). The molecule has 0 amide bonds. The van der Waals surface area contributed by atoms with Crippen LogP contribution in [0.1, 0.15) is 39.5 Å². The SMILES string of the molecule is CCCC[Se]CCCC.[Li]. The fourth-order valence-electron chi connectivity index (χ4n) is 0.595. The van der Waals surface area contributed by atoms with Gasteiger partial charge in [-0.05, 0) is 0 Å². The number of unbranched alkanes of at least 4 members (excludes halogenated alkanes) is 2. The molecule has 57 valence electrons. The molecule has 0 N–H and O–H groups in total. The first kappa shape index (κ1) is 13.7. The first-order chi connectivity index (χ1) is 4.41. The van der Waals surface area contributed by atoms with E-state index in [2.05, 4.69) is 13.8 Å². The predicted molar refractivity (Wildman–Crippen MR) is 50.9 cm³/mol. The van der Waals surface area contributed by atoms with Crippen LogP contribution in [0.2, 0.25) is 10.6 Å². The van der Waals surface area contributed by atoms with Gasteiger partial charge in [-0.15, -0.1) is 0 Å². The van der Waals surface area contributed by atoms with Crippen LogP contribution < -0.4 is 0 Å². The van der Waals surface area contributed by atoms with Gasteiger partial charge in [-0.25, -0.2) is 0 Å². The fourth-order valence-corrected chi connectivity index (χ4v) is 3.09. The smallest absolute Gasteiger partial charge is 0 e. The van der Waals surface area contributed by atoms with Crippen molar-refractivity contribution in [1.82, 2.24) is 0 Å². The second-order valence-electron chi connectivity index (χ2n) is 2.32. The molecule has 0 fully saturated rings. The Labute approximate surface area is 83.9 Å². The van der Waals surface area contributed by atoms with Gasteiger partial charge in [0, 0.05) is 18.9 Å². The average molecular weight is 200 g/mol. The van der Waals surface area contributed by atoms with Crippen molar-refractivity contribution in [2.24, 2.45) is 0 Å². The second kappa shape index (κ2) is 12.8. The summed E-state index contributed by atoms with van der Waals surface area (Å²) in [6, 6.07) is 0. The van der Waals surface area contributed by atoms with Gasteiger partial charge >= 0.3 is 65.1 Å². The van der Waals surface area contributed by atoms with Crippen molar-refractivity contribution < 1.29 is 0 Å². The maximum atomic E-state index is 2.27. The summed E-state index contributed by atoms with van der Waals surface area (Å²) in [6.07, 6.45) is 5.69. The van der Waals surface area contributed by atoms with Crippen LogP contribution >= 0.6 is 0 Å². The van der Waals surface area contributed by atoms with Gasteiger partial charge < -0.3 is 0 Å². The Morgan fingerprint density at radius 1 is 0.900 bits per heavy atom. The normalized spacial score (nSPS) is 9.00. The molecule has 0 aliphatic carbocycles. The van der Waals surface area contributed by atoms with Crippen LogP contribution in [0.5, 0.6) is 0 Å². The van der Waals surface area contributed by atoms with Crippen molar-refractivity contribution in [2.45, 2.75) is 50.2 Å². The van der Waals surface area contributed by atoms with Crippen LogP contribution in [0.15, 0.2) is 0 Å². The molecule has 0 aliphatic heterocycles. The number of rotatable bonds is 6. The Morgan fingerprint density at radius 2 is 1.30 bits per heavy atom. The molecule has 0 nitrogen and oxygen atoms in total. The van der Waals surface area contributed by atoms with E-state index in [9.17, 15) is 0 Å². The third-order valence-corrected chi connectivity index (χ3v) is 3.71. The summed E-state index contributed by atoms with van der Waals surface area (Å²) in [6.45, 7) is 4.55. The molecule has 2 heteroatoms. The minimum absolute atomic E-state index is 0. The molecule has 0 aromatic heterocycles. The minimum Gasteiger partial charge on any atom is 0 e. The zero-order chi connectivity index (χ0) is 6.95. The van der Waals surface area contributed by atoms with E-state index in [1.807, 2.05) is 0 Å². The van der Waals surface area contributed by atoms with Gasteiger partial charge in [0.05, 0.1) is 0 Å². The van der Waals surface area contributed by atoms with Gasteiger partial charge in [-0.1, -0.05) is 0 Å². The van der Waals surface area contributed by atoms with Gasteiger partial charge in [0.25, 0.3) is 0 Å². The Balaban J connectivity index is 0. The van der Waals surface area contributed by atoms with E-state index in [1.165, 1.54) is 36.3 Å². The number of hydrogen-bond acceptors (Lipinski definition) is 0. The molecule has 0 saturated heterocycles. The predicted octanol–water partition coefficient (Wildman–Crippen LogP) is 2.75. The maximum Gasteiger partial charge on any atom is 0 e. The van der Waals surface area contributed by atoms with Crippen LogP contribution in [0.25, 0.3) is 0 Å². The van der Waals surface area contributed by atoms with Crippen molar-refractivity contribution >= 4 is 33.8 Å². The molecule has 0 aromatic rings. The summed E-state index contributed by atoms with van der Waals surface area (Å²) in [4.78, 5) is 0. The molecule has 0 aromatic carbocycles. The Kier molecular flexibility index (Phi) is 17.5. The standard InChI is InChI=1S/C8H18Se.Li/c1-3-5-7-9-8-6-4-2;/h3-8H2,1-2H3;. The van der Waals surface area contributed by atoms with Gasteiger partial charge in [0.2, 0.25) is 0 Å². The van der Waals surface area contributed by atoms with E-state index in [0.717, 1.165) is 15.0 Å². The molecule has 10 heavy (non-hydrogen) atoms. The quantitative estimate of drug-likeness (QED) is 0.456. The van der Waals surface area contributed by atoms with E-state index >= 15 is 0 Å². The molecule has 0 aliphatic rings. The monoisotopic (exact) mass is 201 g/mol. The van der Waals surface area contributed by atoms with Crippen molar-refractivity contribution in [3.8, 4) is 0 Å². The van der Waals surface area contributed by atoms with Crippen molar-refractivity contribution in [3.63, 3.8) is 0 Å². The first-order valence-corrected chi connectivity index (χ1v) is 6.41. The third kappa shape index (κ3) is 11.9. The van der Waals surface area contributed by atoms with Crippen molar-refractivity contribution in [1.29, 1.82) is 0 Å². The van der Waals surface area contributed by atoms with Crippen LogP contribution in [0.4, 0.5) is 0 Å². The molecule has 1 radical (unpaired) electrons. The molecule has 0 atom stereocenters. The summed E-state index contributed by atoms with van der Waals surface area (Å²) in [5, 5.41) is 3.03. The van der Waals surface area contributed by atoms with E-state index in [1.54, 1.807) is 0 Å². The molecule has 0 spiro atoms.